The largest absolute Gasteiger partial charge is 0.402 e. The van der Waals surface area contributed by atoms with Gasteiger partial charge in [-0.1, -0.05) is 78.9 Å². The lowest BCUT2D eigenvalue weighted by Gasteiger charge is -2.45. The molecule has 2 aliphatic rings. The molecule has 44 heavy (non-hydrogen) atoms. The van der Waals surface area contributed by atoms with E-state index in [9.17, 15) is 26.3 Å². The molecule has 7 rings (SSSR count). The van der Waals surface area contributed by atoms with E-state index in [2.05, 4.69) is 0 Å². The van der Waals surface area contributed by atoms with Crippen LogP contribution in [0, 0.1) is 0 Å². The zero-order chi connectivity index (χ0) is 31.1. The van der Waals surface area contributed by atoms with E-state index in [1.807, 2.05) is 6.07 Å². The van der Waals surface area contributed by atoms with Crippen molar-refractivity contribution in [3.8, 4) is 0 Å². The highest BCUT2D eigenvalue weighted by molar-refractivity contribution is 5.91. The predicted octanol–water partition coefficient (Wildman–Crippen LogP) is 11.0. The van der Waals surface area contributed by atoms with Crippen molar-refractivity contribution in [2.24, 2.45) is 0 Å². The molecule has 2 aliphatic heterocycles. The number of hydrogen-bond donors (Lipinski definition) is 0. The second-order valence-corrected chi connectivity index (χ2v) is 11.5. The van der Waals surface area contributed by atoms with Gasteiger partial charge < -0.3 is 9.80 Å². The SMILES string of the molecule is CC1(C(F)(F)F)c2ccccc2N(c2cccc(N3c4ccccc4C(C)(C(F)(F)F)c4ccccc43)c2)c2ccccc21. The third-order valence-corrected chi connectivity index (χ3v) is 9.21. The van der Waals surface area contributed by atoms with Crippen molar-refractivity contribution in [1.29, 1.82) is 0 Å². The standard InChI is InChI=1S/C36H26F6N2/c1-33(35(37,38)39)25-14-3-7-18-29(25)43(30-19-8-4-15-26(30)33)23-12-11-13-24(22-23)44-31-20-9-5-16-27(31)34(2,36(40,41)42)28-17-6-10-21-32(28)44/h3-22H,1-2H3. The molecule has 0 amide bonds. The van der Waals surface area contributed by atoms with Gasteiger partial charge in [-0.05, 0) is 78.6 Å². The van der Waals surface area contributed by atoms with Gasteiger partial charge in [-0.25, -0.2) is 0 Å². The van der Waals surface area contributed by atoms with E-state index in [4.69, 9.17) is 0 Å². The second-order valence-electron chi connectivity index (χ2n) is 11.5. The van der Waals surface area contributed by atoms with Crippen molar-refractivity contribution in [2.75, 3.05) is 9.80 Å². The fraction of sp³-hybridized carbons (Fsp3) is 0.167. The van der Waals surface area contributed by atoms with Gasteiger partial charge in [0.1, 0.15) is 10.8 Å². The molecule has 0 fully saturated rings. The highest BCUT2D eigenvalue weighted by Gasteiger charge is 2.59. The van der Waals surface area contributed by atoms with Crippen LogP contribution in [0.25, 0.3) is 0 Å². The summed E-state index contributed by atoms with van der Waals surface area (Å²) in [4.78, 5) is 3.59. The van der Waals surface area contributed by atoms with Crippen LogP contribution >= 0.6 is 0 Å². The van der Waals surface area contributed by atoms with Crippen LogP contribution < -0.4 is 9.80 Å². The molecule has 0 radical (unpaired) electrons. The summed E-state index contributed by atoms with van der Waals surface area (Å²) in [6.45, 7) is 2.41. The first kappa shape index (κ1) is 28.1. The molecule has 0 saturated carbocycles. The first-order valence-electron chi connectivity index (χ1n) is 14.1. The van der Waals surface area contributed by atoms with Crippen LogP contribution in [0.5, 0.6) is 0 Å². The van der Waals surface area contributed by atoms with E-state index in [1.54, 1.807) is 101 Å². The van der Waals surface area contributed by atoms with Gasteiger partial charge >= 0.3 is 12.4 Å². The molecule has 8 heteroatoms. The molecule has 5 aromatic carbocycles. The molecule has 2 nitrogen and oxygen atoms in total. The summed E-state index contributed by atoms with van der Waals surface area (Å²) < 4.78 is 89.1. The Labute approximate surface area is 250 Å². The smallest absolute Gasteiger partial charge is 0.310 e. The van der Waals surface area contributed by atoms with Gasteiger partial charge in [-0.2, -0.15) is 26.3 Å². The fourth-order valence-electron chi connectivity index (χ4n) is 6.85. The van der Waals surface area contributed by atoms with Crippen molar-refractivity contribution in [2.45, 2.75) is 37.0 Å². The summed E-state index contributed by atoms with van der Waals surface area (Å²) in [5.74, 6) is 0. The molecule has 222 valence electrons. The Morgan fingerprint density at radius 1 is 0.409 bits per heavy atom. The Morgan fingerprint density at radius 3 is 0.955 bits per heavy atom. The molecule has 5 aromatic rings. The Balaban J connectivity index is 1.45. The predicted molar refractivity (Wildman–Crippen MR) is 161 cm³/mol. The fourth-order valence-corrected chi connectivity index (χ4v) is 6.85. The summed E-state index contributed by atoms with van der Waals surface area (Å²) in [5.41, 5.74) is -1.35. The van der Waals surface area contributed by atoms with Gasteiger partial charge in [-0.15, -0.1) is 0 Å². The molecule has 2 heterocycles. The highest BCUT2D eigenvalue weighted by Crippen LogP contribution is 2.60. The van der Waals surface area contributed by atoms with Crippen molar-refractivity contribution in [3.63, 3.8) is 0 Å². The van der Waals surface area contributed by atoms with Gasteiger partial charge in [0.05, 0.1) is 22.7 Å². The Kier molecular flexibility index (Phi) is 5.99. The lowest BCUT2D eigenvalue weighted by atomic mass is 9.71. The second kappa shape index (κ2) is 9.39. The van der Waals surface area contributed by atoms with E-state index in [0.29, 0.717) is 34.1 Å². The maximum Gasteiger partial charge on any atom is 0.402 e. The van der Waals surface area contributed by atoms with Crippen LogP contribution in [0.1, 0.15) is 36.1 Å². The third kappa shape index (κ3) is 3.69. The summed E-state index contributed by atoms with van der Waals surface area (Å²) in [6.07, 6.45) is -9.14. The highest BCUT2D eigenvalue weighted by atomic mass is 19.4. The summed E-state index contributed by atoms with van der Waals surface area (Å²) in [6, 6.07) is 33.1. The van der Waals surface area contributed by atoms with Crippen molar-refractivity contribution >= 4 is 34.1 Å². The number of halogens is 6. The van der Waals surface area contributed by atoms with E-state index in [0.717, 1.165) is 0 Å². The van der Waals surface area contributed by atoms with Crippen molar-refractivity contribution < 1.29 is 26.3 Å². The molecule has 0 saturated heterocycles. The number of benzene rings is 5. The van der Waals surface area contributed by atoms with Crippen LogP contribution in [0.3, 0.4) is 0 Å². The maximum absolute atomic E-state index is 14.8. The van der Waals surface area contributed by atoms with Crippen LogP contribution in [-0.2, 0) is 10.8 Å². The van der Waals surface area contributed by atoms with Crippen LogP contribution in [0.4, 0.5) is 60.5 Å². The van der Waals surface area contributed by atoms with E-state index < -0.39 is 23.2 Å². The Hall–Kier alpha value is -4.72. The minimum Gasteiger partial charge on any atom is -0.310 e. The lowest BCUT2D eigenvalue weighted by Crippen LogP contribution is -2.45. The van der Waals surface area contributed by atoms with E-state index in [1.165, 1.54) is 38.1 Å². The maximum atomic E-state index is 14.8. The summed E-state index contributed by atoms with van der Waals surface area (Å²) in [7, 11) is 0. The summed E-state index contributed by atoms with van der Waals surface area (Å²) in [5, 5.41) is 0. The van der Waals surface area contributed by atoms with Crippen LogP contribution in [-0.4, -0.2) is 12.4 Å². The summed E-state index contributed by atoms with van der Waals surface area (Å²) >= 11 is 0. The Bertz CT molecular complexity index is 1680. The minimum atomic E-state index is -4.57. The quantitative estimate of drug-likeness (QED) is 0.186. The topological polar surface area (TPSA) is 6.48 Å². The molecule has 0 unspecified atom stereocenters. The monoisotopic (exact) mass is 600 g/mol. The van der Waals surface area contributed by atoms with Gasteiger partial charge in [-0.3, -0.25) is 0 Å². The number of nitrogens with zero attached hydrogens (tertiary/aromatic N) is 2. The molecule has 0 spiro atoms. The number of fused-ring (bicyclic) bond motifs is 4. The number of alkyl halides is 6. The first-order valence-corrected chi connectivity index (χ1v) is 14.1. The molecular formula is C36H26F6N2. The average molecular weight is 601 g/mol. The molecule has 0 aliphatic carbocycles. The molecule has 0 bridgehead atoms. The Morgan fingerprint density at radius 2 is 0.682 bits per heavy atom. The molecule has 0 aromatic heterocycles. The minimum absolute atomic E-state index is 0.117. The number of anilines is 6. The van der Waals surface area contributed by atoms with Crippen molar-refractivity contribution in [1.82, 2.24) is 0 Å². The lowest BCUT2D eigenvalue weighted by molar-refractivity contribution is -0.173. The van der Waals surface area contributed by atoms with Crippen LogP contribution in [0.15, 0.2) is 121 Å². The van der Waals surface area contributed by atoms with E-state index >= 15 is 0 Å². The normalized spacial score (nSPS) is 16.5. The van der Waals surface area contributed by atoms with Gasteiger partial charge in [0.25, 0.3) is 0 Å². The number of para-hydroxylation sites is 4. The zero-order valence-corrected chi connectivity index (χ0v) is 23.7. The van der Waals surface area contributed by atoms with Crippen LogP contribution in [0.2, 0.25) is 0 Å². The van der Waals surface area contributed by atoms with Gasteiger partial charge in [0.15, 0.2) is 0 Å². The first-order chi connectivity index (χ1) is 20.9. The molecule has 0 atom stereocenters. The van der Waals surface area contributed by atoms with E-state index in [-0.39, 0.29) is 22.3 Å². The zero-order valence-electron chi connectivity index (χ0n) is 23.7. The third-order valence-electron chi connectivity index (χ3n) is 9.21. The van der Waals surface area contributed by atoms with Gasteiger partial charge in [0.2, 0.25) is 0 Å². The average Bonchev–Trinajstić information content (AvgIpc) is 3.01. The molecule has 0 N–H and O–H groups in total. The number of hydrogen-bond acceptors (Lipinski definition) is 2. The van der Waals surface area contributed by atoms with Gasteiger partial charge in [0, 0.05) is 11.4 Å². The molecular weight excluding hydrogens is 574 g/mol. The number of rotatable bonds is 2. The van der Waals surface area contributed by atoms with Crippen molar-refractivity contribution in [3.05, 3.63) is 144 Å².